The number of rotatable bonds is 8. The van der Waals surface area contributed by atoms with Gasteiger partial charge in [-0.15, -0.1) is 11.3 Å². The fourth-order valence-electron chi connectivity index (χ4n) is 2.47. The largest absolute Gasteiger partial charge is 0.383 e. The zero-order valence-corrected chi connectivity index (χ0v) is 14.1. The molecule has 0 amide bonds. The van der Waals surface area contributed by atoms with Gasteiger partial charge in [-0.05, 0) is 18.0 Å². The smallest absolute Gasteiger partial charge is 0.182 e. The van der Waals surface area contributed by atoms with Gasteiger partial charge in [-0.1, -0.05) is 43.3 Å². The molecule has 0 saturated heterocycles. The number of aromatic nitrogens is 1. The molecule has 5 heteroatoms. The van der Waals surface area contributed by atoms with Crippen molar-refractivity contribution in [3.63, 3.8) is 0 Å². The summed E-state index contributed by atoms with van der Waals surface area (Å²) in [5, 5.41) is 15.8. The SMILES string of the molecule is CCNCc1csc(NCCNc2cccc3ccccc23)n1. The molecule has 1 heterocycles. The minimum Gasteiger partial charge on any atom is -0.383 e. The van der Waals surface area contributed by atoms with Crippen molar-refractivity contribution in [3.8, 4) is 0 Å². The molecule has 0 bridgehead atoms. The van der Waals surface area contributed by atoms with E-state index >= 15 is 0 Å². The first kappa shape index (κ1) is 15.8. The quantitative estimate of drug-likeness (QED) is 0.549. The van der Waals surface area contributed by atoms with Crippen molar-refractivity contribution in [3.05, 3.63) is 53.5 Å². The molecule has 0 radical (unpaired) electrons. The van der Waals surface area contributed by atoms with E-state index in [0.717, 1.165) is 37.0 Å². The zero-order valence-electron chi connectivity index (χ0n) is 13.3. The van der Waals surface area contributed by atoms with Crippen LogP contribution in [0.15, 0.2) is 47.8 Å². The average Bonchev–Trinajstić information content (AvgIpc) is 3.05. The van der Waals surface area contributed by atoms with E-state index in [4.69, 9.17) is 0 Å². The van der Waals surface area contributed by atoms with E-state index in [0.29, 0.717) is 0 Å². The first-order valence-corrected chi connectivity index (χ1v) is 8.85. The molecular formula is C18H22N4S. The molecule has 0 saturated carbocycles. The van der Waals surface area contributed by atoms with Crippen molar-refractivity contribution in [2.45, 2.75) is 13.5 Å². The van der Waals surface area contributed by atoms with Gasteiger partial charge >= 0.3 is 0 Å². The fourth-order valence-corrected chi connectivity index (χ4v) is 3.21. The number of hydrogen-bond acceptors (Lipinski definition) is 5. The Morgan fingerprint density at radius 1 is 1.00 bits per heavy atom. The molecule has 3 rings (SSSR count). The number of fused-ring (bicyclic) bond motifs is 1. The highest BCUT2D eigenvalue weighted by Crippen LogP contribution is 2.22. The van der Waals surface area contributed by atoms with Crippen molar-refractivity contribution < 1.29 is 0 Å². The van der Waals surface area contributed by atoms with E-state index in [9.17, 15) is 0 Å². The standard InChI is InChI=1S/C18H22N4S/c1-2-19-12-15-13-23-18(22-15)21-11-10-20-17-9-5-7-14-6-3-4-8-16(14)17/h3-9,13,19-20H,2,10-12H2,1H3,(H,21,22). The lowest BCUT2D eigenvalue weighted by atomic mass is 10.1. The van der Waals surface area contributed by atoms with E-state index in [1.807, 2.05) is 0 Å². The van der Waals surface area contributed by atoms with E-state index in [1.54, 1.807) is 11.3 Å². The van der Waals surface area contributed by atoms with E-state index < -0.39 is 0 Å². The van der Waals surface area contributed by atoms with Crippen molar-refractivity contribution in [2.75, 3.05) is 30.3 Å². The molecule has 120 valence electrons. The number of nitrogens with one attached hydrogen (secondary N) is 3. The Hall–Kier alpha value is -2.11. The predicted molar refractivity (Wildman–Crippen MR) is 100 cm³/mol. The molecule has 0 fully saturated rings. The summed E-state index contributed by atoms with van der Waals surface area (Å²) < 4.78 is 0. The second-order valence-electron chi connectivity index (χ2n) is 5.30. The molecule has 3 N–H and O–H groups in total. The third-order valence-corrected chi connectivity index (χ3v) is 4.46. The van der Waals surface area contributed by atoms with Gasteiger partial charge in [-0.3, -0.25) is 0 Å². The van der Waals surface area contributed by atoms with Crippen molar-refractivity contribution >= 4 is 32.9 Å². The van der Waals surface area contributed by atoms with Gasteiger partial charge in [0.1, 0.15) is 0 Å². The number of anilines is 2. The molecule has 2 aromatic carbocycles. The van der Waals surface area contributed by atoms with Gasteiger partial charge in [0.2, 0.25) is 0 Å². The Balaban J connectivity index is 1.50. The minimum atomic E-state index is 0.836. The summed E-state index contributed by atoms with van der Waals surface area (Å²) in [6.07, 6.45) is 0. The fraction of sp³-hybridized carbons (Fsp3) is 0.278. The highest BCUT2D eigenvalue weighted by Gasteiger charge is 2.02. The van der Waals surface area contributed by atoms with Crippen molar-refractivity contribution in [1.82, 2.24) is 10.3 Å². The van der Waals surface area contributed by atoms with Gasteiger partial charge in [0.05, 0.1) is 5.69 Å². The maximum atomic E-state index is 4.56. The summed E-state index contributed by atoms with van der Waals surface area (Å²) in [7, 11) is 0. The Labute approximate surface area is 141 Å². The second kappa shape index (κ2) is 7.94. The molecule has 0 unspecified atom stereocenters. The van der Waals surface area contributed by atoms with Gasteiger partial charge < -0.3 is 16.0 Å². The number of benzene rings is 2. The van der Waals surface area contributed by atoms with Crippen LogP contribution in [0.2, 0.25) is 0 Å². The third-order valence-electron chi connectivity index (χ3n) is 3.61. The van der Waals surface area contributed by atoms with Gasteiger partial charge in [0.25, 0.3) is 0 Å². The minimum absolute atomic E-state index is 0.836. The number of thiazole rings is 1. The first-order valence-electron chi connectivity index (χ1n) is 7.97. The van der Waals surface area contributed by atoms with Crippen LogP contribution < -0.4 is 16.0 Å². The lowest BCUT2D eigenvalue weighted by molar-refractivity contribution is 0.714. The highest BCUT2D eigenvalue weighted by atomic mass is 32.1. The lowest BCUT2D eigenvalue weighted by Gasteiger charge is -2.10. The van der Waals surface area contributed by atoms with Crippen LogP contribution in [0, 0.1) is 0 Å². The van der Waals surface area contributed by atoms with Crippen LogP contribution in [-0.2, 0) is 6.54 Å². The number of nitrogens with zero attached hydrogens (tertiary/aromatic N) is 1. The Bertz CT molecular complexity index is 748. The van der Waals surface area contributed by atoms with Crippen LogP contribution in [0.1, 0.15) is 12.6 Å². The molecular weight excluding hydrogens is 304 g/mol. The van der Waals surface area contributed by atoms with Crippen molar-refractivity contribution in [2.24, 2.45) is 0 Å². The summed E-state index contributed by atoms with van der Waals surface area (Å²) in [4.78, 5) is 4.56. The monoisotopic (exact) mass is 326 g/mol. The van der Waals surface area contributed by atoms with Crippen LogP contribution in [0.4, 0.5) is 10.8 Å². The van der Waals surface area contributed by atoms with Crippen LogP contribution >= 0.6 is 11.3 Å². The zero-order chi connectivity index (χ0) is 15.9. The average molecular weight is 326 g/mol. The topological polar surface area (TPSA) is 49.0 Å². The lowest BCUT2D eigenvalue weighted by Crippen LogP contribution is -2.14. The van der Waals surface area contributed by atoms with Crippen LogP contribution in [0.3, 0.4) is 0 Å². The molecule has 23 heavy (non-hydrogen) atoms. The first-order chi connectivity index (χ1) is 11.4. The van der Waals surface area contributed by atoms with Gasteiger partial charge in [-0.2, -0.15) is 0 Å². The van der Waals surface area contributed by atoms with E-state index in [-0.39, 0.29) is 0 Å². The van der Waals surface area contributed by atoms with Gasteiger partial charge in [0, 0.05) is 36.1 Å². The maximum Gasteiger partial charge on any atom is 0.182 e. The highest BCUT2D eigenvalue weighted by molar-refractivity contribution is 7.13. The summed E-state index contributed by atoms with van der Waals surface area (Å²) in [5.41, 5.74) is 2.28. The normalized spacial score (nSPS) is 10.8. The van der Waals surface area contributed by atoms with Crippen LogP contribution in [-0.4, -0.2) is 24.6 Å². The Morgan fingerprint density at radius 2 is 1.83 bits per heavy atom. The molecule has 0 aliphatic carbocycles. The maximum absolute atomic E-state index is 4.56. The van der Waals surface area contributed by atoms with E-state index in [2.05, 4.69) is 75.7 Å². The van der Waals surface area contributed by atoms with Gasteiger partial charge in [0.15, 0.2) is 5.13 Å². The molecule has 3 aromatic rings. The molecule has 4 nitrogen and oxygen atoms in total. The van der Waals surface area contributed by atoms with Crippen molar-refractivity contribution in [1.29, 1.82) is 0 Å². The third kappa shape index (κ3) is 4.21. The Morgan fingerprint density at radius 3 is 2.74 bits per heavy atom. The molecule has 0 spiro atoms. The summed E-state index contributed by atoms with van der Waals surface area (Å²) >= 11 is 1.66. The Kier molecular flexibility index (Phi) is 5.45. The van der Waals surface area contributed by atoms with E-state index in [1.165, 1.54) is 16.5 Å². The summed E-state index contributed by atoms with van der Waals surface area (Å²) in [6.45, 7) is 5.61. The number of hydrogen-bond donors (Lipinski definition) is 3. The molecule has 1 aromatic heterocycles. The molecule has 0 atom stereocenters. The van der Waals surface area contributed by atoms with Gasteiger partial charge in [-0.25, -0.2) is 4.98 Å². The molecule has 0 aliphatic heterocycles. The second-order valence-corrected chi connectivity index (χ2v) is 6.16. The van der Waals surface area contributed by atoms with Crippen LogP contribution in [0.5, 0.6) is 0 Å². The molecule has 0 aliphatic rings. The van der Waals surface area contributed by atoms with Crippen LogP contribution in [0.25, 0.3) is 10.8 Å². The summed E-state index contributed by atoms with van der Waals surface area (Å²) in [5.74, 6) is 0. The predicted octanol–water partition coefficient (Wildman–Crippen LogP) is 3.93. The summed E-state index contributed by atoms with van der Waals surface area (Å²) in [6, 6.07) is 14.8.